The number of benzene rings is 2. The van der Waals surface area contributed by atoms with Crippen LogP contribution in [0.3, 0.4) is 0 Å². The molecule has 0 bridgehead atoms. The fraction of sp³-hybridized carbons (Fsp3) is 0.211. The zero-order valence-electron chi connectivity index (χ0n) is 13.7. The molecule has 1 amide bonds. The number of fused-ring (bicyclic) bond motifs is 1. The van der Waals surface area contributed by atoms with Gasteiger partial charge in [-0.3, -0.25) is 4.79 Å². The minimum atomic E-state index is -0.624. The molecule has 25 heavy (non-hydrogen) atoms. The molecular weight excluding hydrogens is 343 g/mol. The van der Waals surface area contributed by atoms with Crippen LogP contribution >= 0.6 is 11.6 Å². The molecule has 6 heteroatoms. The predicted molar refractivity (Wildman–Crippen MR) is 96.5 cm³/mol. The summed E-state index contributed by atoms with van der Waals surface area (Å²) >= 11 is 5.82. The molecule has 1 unspecified atom stereocenters. The molecular formula is C19H18ClFN2O2. The zero-order valence-corrected chi connectivity index (χ0v) is 14.4. The zero-order chi connectivity index (χ0) is 17.8. The molecule has 0 fully saturated rings. The third-order valence-corrected chi connectivity index (χ3v) is 4.17. The number of ether oxygens (including phenoxy) is 1. The van der Waals surface area contributed by atoms with E-state index in [2.05, 4.69) is 10.3 Å². The summed E-state index contributed by atoms with van der Waals surface area (Å²) in [5.74, 6) is 0.0995. The third-order valence-electron chi connectivity index (χ3n) is 3.92. The molecule has 2 N–H and O–H groups in total. The van der Waals surface area contributed by atoms with Gasteiger partial charge in [-0.15, -0.1) is 0 Å². The fourth-order valence-electron chi connectivity index (χ4n) is 2.59. The van der Waals surface area contributed by atoms with E-state index >= 15 is 0 Å². The van der Waals surface area contributed by atoms with Gasteiger partial charge in [0.15, 0.2) is 6.10 Å². The number of rotatable bonds is 6. The number of nitrogens with one attached hydrogen (secondary N) is 2. The van der Waals surface area contributed by atoms with E-state index in [-0.39, 0.29) is 11.7 Å². The van der Waals surface area contributed by atoms with Gasteiger partial charge in [0.05, 0.1) is 0 Å². The maximum Gasteiger partial charge on any atom is 0.260 e. The molecule has 0 saturated carbocycles. The number of amides is 1. The maximum atomic E-state index is 13.4. The van der Waals surface area contributed by atoms with E-state index in [4.69, 9.17) is 16.3 Å². The van der Waals surface area contributed by atoms with Gasteiger partial charge in [0, 0.05) is 28.7 Å². The summed E-state index contributed by atoms with van der Waals surface area (Å²) in [4.78, 5) is 15.2. The van der Waals surface area contributed by atoms with E-state index in [0.717, 1.165) is 16.5 Å². The number of carbonyl (C=O) groups is 1. The number of hydrogen-bond acceptors (Lipinski definition) is 2. The molecule has 0 spiro atoms. The second kappa shape index (κ2) is 7.57. The number of hydrogen-bond donors (Lipinski definition) is 2. The van der Waals surface area contributed by atoms with Crippen LogP contribution < -0.4 is 10.1 Å². The average Bonchev–Trinajstić information content (AvgIpc) is 2.99. The molecule has 4 nitrogen and oxygen atoms in total. The first-order chi connectivity index (χ1) is 12.0. The van der Waals surface area contributed by atoms with Crippen LogP contribution in [0.2, 0.25) is 5.02 Å². The minimum absolute atomic E-state index is 0.207. The van der Waals surface area contributed by atoms with E-state index in [1.54, 1.807) is 37.3 Å². The third kappa shape index (κ3) is 4.31. The van der Waals surface area contributed by atoms with Gasteiger partial charge < -0.3 is 15.0 Å². The highest BCUT2D eigenvalue weighted by Gasteiger charge is 2.14. The Morgan fingerprint density at radius 2 is 2.04 bits per heavy atom. The Morgan fingerprint density at radius 1 is 1.28 bits per heavy atom. The van der Waals surface area contributed by atoms with Crippen LogP contribution in [0.15, 0.2) is 48.7 Å². The molecule has 0 saturated heterocycles. The van der Waals surface area contributed by atoms with Crippen molar-refractivity contribution in [2.75, 3.05) is 6.54 Å². The highest BCUT2D eigenvalue weighted by atomic mass is 35.5. The number of carbonyl (C=O) groups excluding carboxylic acids is 1. The van der Waals surface area contributed by atoms with Crippen LogP contribution in [0.5, 0.6) is 5.75 Å². The fourth-order valence-corrected chi connectivity index (χ4v) is 2.72. The van der Waals surface area contributed by atoms with Crippen LogP contribution in [0, 0.1) is 5.82 Å². The van der Waals surface area contributed by atoms with E-state index in [9.17, 15) is 9.18 Å². The molecule has 3 rings (SSSR count). The molecule has 130 valence electrons. The van der Waals surface area contributed by atoms with Gasteiger partial charge >= 0.3 is 0 Å². The van der Waals surface area contributed by atoms with Crippen LogP contribution in [-0.4, -0.2) is 23.5 Å². The van der Waals surface area contributed by atoms with Gasteiger partial charge in [0.2, 0.25) is 0 Å². The monoisotopic (exact) mass is 360 g/mol. The number of H-pyrrole nitrogens is 1. The normalized spacial score (nSPS) is 12.1. The van der Waals surface area contributed by atoms with Gasteiger partial charge in [-0.25, -0.2) is 4.39 Å². The van der Waals surface area contributed by atoms with Crippen molar-refractivity contribution in [3.8, 4) is 5.75 Å². The van der Waals surface area contributed by atoms with Crippen LogP contribution in [0.25, 0.3) is 10.9 Å². The Morgan fingerprint density at radius 3 is 2.80 bits per heavy atom. The van der Waals surface area contributed by atoms with E-state index in [1.165, 1.54) is 12.1 Å². The smallest absolute Gasteiger partial charge is 0.260 e. The molecule has 1 aromatic heterocycles. The Kier molecular flexibility index (Phi) is 5.24. The second-order valence-corrected chi connectivity index (χ2v) is 6.20. The molecule has 0 aliphatic carbocycles. The van der Waals surface area contributed by atoms with Crippen molar-refractivity contribution >= 4 is 28.4 Å². The summed E-state index contributed by atoms with van der Waals surface area (Å²) in [5, 5.41) is 4.28. The van der Waals surface area contributed by atoms with Crippen molar-refractivity contribution in [1.82, 2.24) is 10.3 Å². The van der Waals surface area contributed by atoms with E-state index < -0.39 is 6.10 Å². The molecule has 0 radical (unpaired) electrons. The van der Waals surface area contributed by atoms with Gasteiger partial charge in [-0.05, 0) is 61.4 Å². The first kappa shape index (κ1) is 17.3. The molecule has 2 aromatic carbocycles. The first-order valence-electron chi connectivity index (χ1n) is 7.98. The Labute approximate surface area is 149 Å². The largest absolute Gasteiger partial charge is 0.481 e. The van der Waals surface area contributed by atoms with E-state index in [0.29, 0.717) is 23.7 Å². The summed E-state index contributed by atoms with van der Waals surface area (Å²) in [6.45, 7) is 2.13. The topological polar surface area (TPSA) is 54.1 Å². The van der Waals surface area contributed by atoms with Crippen LogP contribution in [0.4, 0.5) is 4.39 Å². The Hall–Kier alpha value is -2.53. The summed E-state index contributed by atoms with van der Waals surface area (Å²) < 4.78 is 19.0. The highest BCUT2D eigenvalue weighted by Crippen LogP contribution is 2.20. The van der Waals surface area contributed by atoms with Crippen molar-refractivity contribution in [2.45, 2.75) is 19.4 Å². The SMILES string of the molecule is CC(Oc1ccc(Cl)cc1)C(=O)NCCc1c[nH]c2ccc(F)cc12. The van der Waals surface area contributed by atoms with Crippen molar-refractivity contribution in [1.29, 1.82) is 0 Å². The standard InChI is InChI=1S/C19H18ClFN2O2/c1-12(25-16-5-2-14(20)3-6-16)19(24)22-9-8-13-11-23-18-7-4-15(21)10-17(13)18/h2-7,10-12,23H,8-9H2,1H3,(H,22,24). The molecule has 1 heterocycles. The predicted octanol–water partition coefficient (Wildman–Crippen LogP) is 4.09. The maximum absolute atomic E-state index is 13.4. The lowest BCUT2D eigenvalue weighted by molar-refractivity contribution is -0.127. The summed E-state index contributed by atoms with van der Waals surface area (Å²) in [6.07, 6.45) is 1.81. The Balaban J connectivity index is 1.53. The summed E-state index contributed by atoms with van der Waals surface area (Å²) in [6, 6.07) is 11.5. The first-order valence-corrected chi connectivity index (χ1v) is 8.36. The van der Waals surface area contributed by atoms with Gasteiger partial charge in [-0.2, -0.15) is 0 Å². The lowest BCUT2D eigenvalue weighted by Gasteiger charge is -2.14. The van der Waals surface area contributed by atoms with Crippen LogP contribution in [-0.2, 0) is 11.2 Å². The number of halogens is 2. The summed E-state index contributed by atoms with van der Waals surface area (Å²) in [5.41, 5.74) is 1.84. The van der Waals surface area contributed by atoms with Crippen molar-refractivity contribution in [3.63, 3.8) is 0 Å². The lowest BCUT2D eigenvalue weighted by atomic mass is 10.1. The quantitative estimate of drug-likeness (QED) is 0.695. The number of aromatic amines is 1. The van der Waals surface area contributed by atoms with Crippen molar-refractivity contribution < 1.29 is 13.9 Å². The molecule has 1 atom stereocenters. The summed E-state index contributed by atoms with van der Waals surface area (Å²) in [7, 11) is 0. The molecule has 3 aromatic rings. The second-order valence-electron chi connectivity index (χ2n) is 5.76. The van der Waals surface area contributed by atoms with Gasteiger partial charge in [0.25, 0.3) is 5.91 Å². The van der Waals surface area contributed by atoms with Crippen molar-refractivity contribution in [3.05, 3.63) is 65.1 Å². The van der Waals surface area contributed by atoms with Gasteiger partial charge in [0.1, 0.15) is 11.6 Å². The lowest BCUT2D eigenvalue weighted by Crippen LogP contribution is -2.37. The molecule has 0 aliphatic heterocycles. The van der Waals surface area contributed by atoms with Crippen molar-refractivity contribution in [2.24, 2.45) is 0 Å². The van der Waals surface area contributed by atoms with E-state index in [1.807, 2.05) is 6.20 Å². The molecule has 0 aliphatic rings. The highest BCUT2D eigenvalue weighted by molar-refractivity contribution is 6.30. The number of aromatic nitrogens is 1. The van der Waals surface area contributed by atoms with Crippen LogP contribution in [0.1, 0.15) is 12.5 Å². The average molecular weight is 361 g/mol. The van der Waals surface area contributed by atoms with Gasteiger partial charge in [-0.1, -0.05) is 11.6 Å². The minimum Gasteiger partial charge on any atom is -0.481 e. The Bertz CT molecular complexity index is 877.